The number of phenols is 1. The standard InChI is InChI=1S/C28H23NO3/c30-22-14-13-20-16-19(11-12-21(20)17-22)6-5-15-29-28(31)32-18-27-25-9-3-1-7-23(25)24-8-2-4-10-26(24)27/h1-14,16-17,27,30H,15,18H2,(H,29,31). The largest absolute Gasteiger partial charge is 0.508 e. The molecule has 0 saturated carbocycles. The van der Waals surface area contributed by atoms with Gasteiger partial charge in [0, 0.05) is 12.5 Å². The van der Waals surface area contributed by atoms with Crippen LogP contribution in [0.1, 0.15) is 22.6 Å². The number of nitrogens with one attached hydrogen (secondary N) is 1. The molecular weight excluding hydrogens is 398 g/mol. The van der Waals surface area contributed by atoms with Crippen LogP contribution in [0.3, 0.4) is 0 Å². The second-order valence-electron chi connectivity index (χ2n) is 7.90. The summed E-state index contributed by atoms with van der Waals surface area (Å²) in [6.45, 7) is 0.686. The van der Waals surface area contributed by atoms with Crippen LogP contribution in [0.5, 0.6) is 5.75 Å². The lowest BCUT2D eigenvalue weighted by Crippen LogP contribution is -2.26. The molecule has 0 saturated heterocycles. The van der Waals surface area contributed by atoms with Gasteiger partial charge in [0.25, 0.3) is 0 Å². The molecule has 4 nitrogen and oxygen atoms in total. The fourth-order valence-corrected chi connectivity index (χ4v) is 4.34. The van der Waals surface area contributed by atoms with Gasteiger partial charge in [0.15, 0.2) is 0 Å². The number of carbonyl (C=O) groups is 1. The zero-order chi connectivity index (χ0) is 21.9. The third kappa shape index (κ3) is 3.95. The molecule has 0 unspecified atom stereocenters. The van der Waals surface area contributed by atoms with Crippen molar-refractivity contribution >= 4 is 22.9 Å². The van der Waals surface area contributed by atoms with E-state index in [1.54, 1.807) is 12.1 Å². The van der Waals surface area contributed by atoms with Crippen molar-refractivity contribution < 1.29 is 14.6 Å². The van der Waals surface area contributed by atoms with Gasteiger partial charge in [0.2, 0.25) is 0 Å². The van der Waals surface area contributed by atoms with Crippen LogP contribution in [-0.2, 0) is 4.74 Å². The molecule has 0 fully saturated rings. The lowest BCUT2D eigenvalue weighted by molar-refractivity contribution is 0.144. The maximum absolute atomic E-state index is 12.3. The maximum Gasteiger partial charge on any atom is 0.407 e. The van der Waals surface area contributed by atoms with E-state index >= 15 is 0 Å². The summed E-state index contributed by atoms with van der Waals surface area (Å²) >= 11 is 0. The summed E-state index contributed by atoms with van der Waals surface area (Å²) < 4.78 is 5.55. The van der Waals surface area contributed by atoms with Gasteiger partial charge in [-0.3, -0.25) is 0 Å². The first-order valence-electron chi connectivity index (χ1n) is 10.7. The second-order valence-corrected chi connectivity index (χ2v) is 7.90. The Morgan fingerprint density at radius 3 is 2.28 bits per heavy atom. The van der Waals surface area contributed by atoms with Crippen LogP contribution in [0, 0.1) is 0 Å². The van der Waals surface area contributed by atoms with Gasteiger partial charge in [-0.1, -0.05) is 78.9 Å². The van der Waals surface area contributed by atoms with Crippen molar-refractivity contribution in [3.05, 3.63) is 108 Å². The van der Waals surface area contributed by atoms with E-state index in [0.29, 0.717) is 13.2 Å². The number of fused-ring (bicyclic) bond motifs is 4. The average Bonchev–Trinajstić information content (AvgIpc) is 3.14. The van der Waals surface area contributed by atoms with Gasteiger partial charge in [0.1, 0.15) is 12.4 Å². The topological polar surface area (TPSA) is 58.6 Å². The number of rotatable bonds is 5. The summed E-state index contributed by atoms with van der Waals surface area (Å²) in [6, 6.07) is 27.9. The molecule has 4 aromatic rings. The molecule has 2 N–H and O–H groups in total. The number of ether oxygens (including phenoxy) is 1. The predicted octanol–water partition coefficient (Wildman–Crippen LogP) is 6.10. The van der Waals surface area contributed by atoms with Crippen molar-refractivity contribution in [3.63, 3.8) is 0 Å². The Balaban J connectivity index is 1.17. The second kappa shape index (κ2) is 8.60. The van der Waals surface area contributed by atoms with Crippen molar-refractivity contribution in [2.24, 2.45) is 0 Å². The molecule has 0 aliphatic heterocycles. The minimum absolute atomic E-state index is 0.0562. The molecule has 4 aromatic carbocycles. The average molecular weight is 421 g/mol. The summed E-state index contributed by atoms with van der Waals surface area (Å²) in [5, 5.41) is 14.4. The van der Waals surface area contributed by atoms with E-state index < -0.39 is 6.09 Å². The van der Waals surface area contributed by atoms with Crippen LogP contribution in [0.4, 0.5) is 4.79 Å². The summed E-state index contributed by atoms with van der Waals surface area (Å²) in [7, 11) is 0. The lowest BCUT2D eigenvalue weighted by Gasteiger charge is -2.14. The molecule has 158 valence electrons. The van der Waals surface area contributed by atoms with Crippen molar-refractivity contribution in [3.8, 4) is 16.9 Å². The Bertz CT molecular complexity index is 1280. The molecule has 0 aromatic heterocycles. The SMILES string of the molecule is O=C(NCC=Cc1ccc2cc(O)ccc2c1)OCC1c2ccccc2-c2ccccc21. The predicted molar refractivity (Wildman–Crippen MR) is 128 cm³/mol. The van der Waals surface area contributed by atoms with E-state index in [0.717, 1.165) is 16.3 Å². The van der Waals surface area contributed by atoms with E-state index in [1.165, 1.54) is 22.3 Å². The monoisotopic (exact) mass is 421 g/mol. The summed E-state index contributed by atoms with van der Waals surface area (Å²) in [5.41, 5.74) is 5.85. The number of alkyl carbamates (subject to hydrolysis) is 1. The minimum Gasteiger partial charge on any atom is -0.508 e. The van der Waals surface area contributed by atoms with Crippen LogP contribution >= 0.6 is 0 Å². The third-order valence-electron chi connectivity index (χ3n) is 5.87. The summed E-state index contributed by atoms with van der Waals surface area (Å²) in [5.74, 6) is 0.314. The van der Waals surface area contributed by atoms with Crippen LogP contribution in [0.15, 0.2) is 91.0 Å². The molecule has 0 heterocycles. The Hall–Kier alpha value is -4.05. The summed E-state index contributed by atoms with van der Waals surface area (Å²) in [4.78, 5) is 12.3. The first kappa shape index (κ1) is 19.9. The number of hydrogen-bond donors (Lipinski definition) is 2. The highest BCUT2D eigenvalue weighted by Gasteiger charge is 2.28. The third-order valence-corrected chi connectivity index (χ3v) is 5.87. The van der Waals surface area contributed by atoms with E-state index in [-0.39, 0.29) is 11.7 Å². The van der Waals surface area contributed by atoms with Crippen molar-refractivity contribution in [1.29, 1.82) is 0 Å². The van der Waals surface area contributed by atoms with Gasteiger partial charge in [-0.05, 0) is 56.8 Å². The molecule has 1 aliphatic carbocycles. The highest BCUT2D eigenvalue weighted by molar-refractivity contribution is 5.86. The summed E-state index contributed by atoms with van der Waals surface area (Å²) in [6.07, 6.45) is 3.42. The van der Waals surface area contributed by atoms with E-state index in [2.05, 4.69) is 29.6 Å². The molecular formula is C28H23NO3. The van der Waals surface area contributed by atoms with Gasteiger partial charge in [-0.2, -0.15) is 0 Å². The number of amides is 1. The zero-order valence-electron chi connectivity index (χ0n) is 17.5. The minimum atomic E-state index is -0.425. The normalized spacial score (nSPS) is 12.6. The quantitative estimate of drug-likeness (QED) is 0.409. The number of aromatic hydroxyl groups is 1. The van der Waals surface area contributed by atoms with E-state index in [9.17, 15) is 9.90 Å². The van der Waals surface area contributed by atoms with Crippen LogP contribution < -0.4 is 5.32 Å². The molecule has 0 spiro atoms. The fraction of sp³-hybridized carbons (Fsp3) is 0.107. The fourth-order valence-electron chi connectivity index (χ4n) is 4.34. The molecule has 0 bridgehead atoms. The number of benzene rings is 4. The smallest absolute Gasteiger partial charge is 0.407 e. The van der Waals surface area contributed by atoms with Crippen molar-refractivity contribution in [2.75, 3.05) is 13.2 Å². The highest BCUT2D eigenvalue weighted by Crippen LogP contribution is 2.44. The number of hydrogen-bond acceptors (Lipinski definition) is 3. The molecule has 1 amide bonds. The van der Waals surface area contributed by atoms with Crippen LogP contribution in [0.25, 0.3) is 28.0 Å². The number of carbonyl (C=O) groups excluding carboxylic acids is 1. The molecule has 1 aliphatic rings. The van der Waals surface area contributed by atoms with Gasteiger partial charge < -0.3 is 15.2 Å². The van der Waals surface area contributed by atoms with Gasteiger partial charge in [0.05, 0.1) is 0 Å². The van der Waals surface area contributed by atoms with Crippen LogP contribution in [0.2, 0.25) is 0 Å². The Kier molecular flexibility index (Phi) is 5.34. The Morgan fingerprint density at radius 2 is 1.53 bits per heavy atom. The van der Waals surface area contributed by atoms with Crippen molar-refractivity contribution in [1.82, 2.24) is 5.32 Å². The van der Waals surface area contributed by atoms with Crippen molar-refractivity contribution in [2.45, 2.75) is 5.92 Å². The van der Waals surface area contributed by atoms with E-state index in [4.69, 9.17) is 4.74 Å². The molecule has 0 atom stereocenters. The Labute approximate surface area is 186 Å². The lowest BCUT2D eigenvalue weighted by atomic mass is 9.98. The van der Waals surface area contributed by atoms with Gasteiger partial charge >= 0.3 is 6.09 Å². The first-order valence-corrected chi connectivity index (χ1v) is 10.7. The first-order chi connectivity index (χ1) is 15.7. The maximum atomic E-state index is 12.3. The van der Waals surface area contributed by atoms with Crippen LogP contribution in [-0.4, -0.2) is 24.4 Å². The zero-order valence-corrected chi connectivity index (χ0v) is 17.5. The molecule has 5 rings (SSSR count). The molecule has 32 heavy (non-hydrogen) atoms. The number of phenolic OH excluding ortho intramolecular Hbond substituents is 1. The van der Waals surface area contributed by atoms with Gasteiger partial charge in [-0.25, -0.2) is 4.79 Å². The molecule has 4 heteroatoms. The Morgan fingerprint density at radius 1 is 0.875 bits per heavy atom. The molecule has 0 radical (unpaired) electrons. The van der Waals surface area contributed by atoms with Gasteiger partial charge in [-0.15, -0.1) is 0 Å². The highest BCUT2D eigenvalue weighted by atomic mass is 16.5. The van der Waals surface area contributed by atoms with E-state index in [1.807, 2.05) is 60.7 Å².